The van der Waals surface area contributed by atoms with Gasteiger partial charge in [0.1, 0.15) is 5.75 Å². The highest BCUT2D eigenvalue weighted by Gasteiger charge is 2.14. The van der Waals surface area contributed by atoms with Crippen LogP contribution < -0.4 is 20.9 Å². The Labute approximate surface area is 153 Å². The molecule has 0 fully saturated rings. The minimum absolute atomic E-state index is 0.180. The van der Waals surface area contributed by atoms with Crippen LogP contribution >= 0.6 is 34.8 Å². The van der Waals surface area contributed by atoms with Crippen molar-refractivity contribution < 1.29 is 14.3 Å². The van der Waals surface area contributed by atoms with E-state index in [1.54, 1.807) is 18.2 Å². The largest absolute Gasteiger partial charge is 0.496 e. The van der Waals surface area contributed by atoms with Gasteiger partial charge in [0.15, 0.2) is 0 Å². The number of carbonyl (C=O) groups is 2. The normalized spacial score (nSPS) is 10.0. The fourth-order valence-corrected chi connectivity index (χ4v) is 2.24. The lowest BCUT2D eigenvalue weighted by atomic mass is 10.2. The topological polar surface area (TPSA) is 79.5 Å². The standard InChI is InChI=1S/C15H12Cl3N3O3/c1-24-13-5-2-8(16)6-10(13)14(22)20-21-15(23)19-9-3-4-11(17)12(18)7-9/h2-7H,1H3,(H,20,22)(H2,19,21,23). The molecule has 0 atom stereocenters. The van der Waals surface area contributed by atoms with Gasteiger partial charge < -0.3 is 10.1 Å². The summed E-state index contributed by atoms with van der Waals surface area (Å²) < 4.78 is 5.07. The summed E-state index contributed by atoms with van der Waals surface area (Å²) in [4.78, 5) is 23.9. The molecule has 9 heteroatoms. The van der Waals surface area contributed by atoms with Crippen molar-refractivity contribution in [1.29, 1.82) is 0 Å². The first-order chi connectivity index (χ1) is 11.4. The maximum Gasteiger partial charge on any atom is 0.337 e. The number of hydrogen-bond acceptors (Lipinski definition) is 3. The maximum atomic E-state index is 12.1. The van der Waals surface area contributed by atoms with Crippen LogP contribution in [0.3, 0.4) is 0 Å². The summed E-state index contributed by atoms with van der Waals surface area (Å²) in [5.41, 5.74) is 5.05. The highest BCUT2D eigenvalue weighted by atomic mass is 35.5. The monoisotopic (exact) mass is 387 g/mol. The maximum absolute atomic E-state index is 12.1. The Kier molecular flexibility index (Phi) is 6.14. The lowest BCUT2D eigenvalue weighted by Gasteiger charge is -2.11. The number of halogens is 3. The van der Waals surface area contributed by atoms with Gasteiger partial charge in [0.2, 0.25) is 0 Å². The number of rotatable bonds is 3. The minimum atomic E-state index is -0.664. The predicted molar refractivity (Wildman–Crippen MR) is 94.1 cm³/mol. The third kappa shape index (κ3) is 4.67. The van der Waals surface area contributed by atoms with Crippen molar-refractivity contribution in [2.45, 2.75) is 0 Å². The van der Waals surface area contributed by atoms with Crippen molar-refractivity contribution in [3.63, 3.8) is 0 Å². The Morgan fingerprint density at radius 3 is 2.38 bits per heavy atom. The lowest BCUT2D eigenvalue weighted by Crippen LogP contribution is -2.44. The van der Waals surface area contributed by atoms with Gasteiger partial charge in [0.05, 0.1) is 22.7 Å². The Hall–Kier alpha value is -2.15. The van der Waals surface area contributed by atoms with Crippen molar-refractivity contribution >= 4 is 52.4 Å². The Balaban J connectivity index is 1.97. The van der Waals surface area contributed by atoms with E-state index in [-0.39, 0.29) is 5.56 Å². The van der Waals surface area contributed by atoms with Gasteiger partial charge in [-0.1, -0.05) is 34.8 Å². The molecule has 0 heterocycles. The predicted octanol–water partition coefficient (Wildman–Crippen LogP) is 4.12. The third-order valence-corrected chi connectivity index (χ3v) is 3.85. The molecule has 3 N–H and O–H groups in total. The number of hydrazine groups is 1. The molecule has 0 aliphatic heterocycles. The van der Waals surface area contributed by atoms with Crippen LogP contribution in [0.4, 0.5) is 10.5 Å². The van der Waals surface area contributed by atoms with E-state index in [0.29, 0.717) is 26.5 Å². The number of methoxy groups -OCH3 is 1. The molecule has 0 aromatic heterocycles. The zero-order chi connectivity index (χ0) is 17.7. The summed E-state index contributed by atoms with van der Waals surface area (Å²) in [6.07, 6.45) is 0. The van der Waals surface area contributed by atoms with Gasteiger partial charge in [-0.25, -0.2) is 10.2 Å². The highest BCUT2D eigenvalue weighted by Crippen LogP contribution is 2.25. The zero-order valence-corrected chi connectivity index (χ0v) is 14.6. The second kappa shape index (κ2) is 8.10. The van der Waals surface area contributed by atoms with Gasteiger partial charge in [-0.2, -0.15) is 0 Å². The quantitative estimate of drug-likeness (QED) is 0.692. The van der Waals surface area contributed by atoms with Crippen LogP contribution in [0.25, 0.3) is 0 Å². The van der Waals surface area contributed by atoms with E-state index in [4.69, 9.17) is 39.5 Å². The summed E-state index contributed by atoms with van der Waals surface area (Å²) in [5, 5.41) is 3.51. The third-order valence-electron chi connectivity index (χ3n) is 2.87. The van der Waals surface area contributed by atoms with E-state index < -0.39 is 11.9 Å². The molecule has 2 aromatic carbocycles. The molecule has 0 bridgehead atoms. The molecule has 0 saturated heterocycles. The van der Waals surface area contributed by atoms with Crippen LogP contribution in [-0.4, -0.2) is 19.0 Å². The summed E-state index contributed by atoms with van der Waals surface area (Å²) in [7, 11) is 1.42. The smallest absolute Gasteiger partial charge is 0.337 e. The van der Waals surface area contributed by atoms with Crippen molar-refractivity contribution in [3.05, 3.63) is 57.0 Å². The first kappa shape index (κ1) is 18.2. The average Bonchev–Trinajstić information content (AvgIpc) is 2.56. The first-order valence-electron chi connectivity index (χ1n) is 6.56. The molecule has 0 radical (unpaired) electrons. The van der Waals surface area contributed by atoms with Gasteiger partial charge in [-0.3, -0.25) is 10.2 Å². The van der Waals surface area contributed by atoms with E-state index >= 15 is 0 Å². The highest BCUT2D eigenvalue weighted by molar-refractivity contribution is 6.42. The van der Waals surface area contributed by atoms with Crippen LogP contribution in [0.1, 0.15) is 10.4 Å². The fraction of sp³-hybridized carbons (Fsp3) is 0.0667. The van der Waals surface area contributed by atoms with Gasteiger partial charge in [-0.15, -0.1) is 0 Å². The summed E-state index contributed by atoms with van der Waals surface area (Å²) in [6, 6.07) is 8.47. The molecular weight excluding hydrogens is 377 g/mol. The van der Waals surface area contributed by atoms with E-state index in [1.807, 2.05) is 0 Å². The molecule has 0 unspecified atom stereocenters. The molecule has 0 aliphatic carbocycles. The summed E-state index contributed by atoms with van der Waals surface area (Å²) >= 11 is 17.5. The number of hydrogen-bond donors (Lipinski definition) is 3. The van der Waals surface area contributed by atoms with E-state index in [0.717, 1.165) is 0 Å². The van der Waals surface area contributed by atoms with Crippen molar-refractivity contribution in [3.8, 4) is 5.75 Å². The first-order valence-corrected chi connectivity index (χ1v) is 7.70. The fourth-order valence-electron chi connectivity index (χ4n) is 1.77. The Morgan fingerprint density at radius 1 is 0.958 bits per heavy atom. The molecule has 126 valence electrons. The molecule has 3 amide bonds. The number of benzene rings is 2. The number of urea groups is 1. The van der Waals surface area contributed by atoms with E-state index in [1.165, 1.54) is 25.3 Å². The molecule has 0 aliphatic rings. The zero-order valence-electron chi connectivity index (χ0n) is 12.3. The summed E-state index contributed by atoms with van der Waals surface area (Å²) in [6.45, 7) is 0. The van der Waals surface area contributed by atoms with Crippen LogP contribution in [0.2, 0.25) is 15.1 Å². The number of nitrogens with one attached hydrogen (secondary N) is 3. The number of carbonyl (C=O) groups excluding carboxylic acids is 2. The second-order valence-corrected chi connectivity index (χ2v) is 5.76. The molecule has 0 spiro atoms. The van der Waals surface area contributed by atoms with Gasteiger partial charge >= 0.3 is 6.03 Å². The number of amides is 3. The molecule has 2 rings (SSSR count). The second-order valence-electron chi connectivity index (χ2n) is 4.51. The van der Waals surface area contributed by atoms with E-state index in [2.05, 4.69) is 16.2 Å². The lowest BCUT2D eigenvalue weighted by molar-refractivity contribution is 0.0935. The average molecular weight is 389 g/mol. The molecule has 24 heavy (non-hydrogen) atoms. The molecule has 0 saturated carbocycles. The van der Waals surface area contributed by atoms with Gasteiger partial charge in [0, 0.05) is 10.7 Å². The summed E-state index contributed by atoms with van der Waals surface area (Å²) in [5.74, 6) is -0.262. The van der Waals surface area contributed by atoms with Crippen molar-refractivity contribution in [2.24, 2.45) is 0 Å². The van der Waals surface area contributed by atoms with Crippen LogP contribution in [0, 0.1) is 0 Å². The van der Waals surface area contributed by atoms with Crippen LogP contribution in [-0.2, 0) is 0 Å². The SMILES string of the molecule is COc1ccc(Cl)cc1C(=O)NNC(=O)Nc1ccc(Cl)c(Cl)c1. The van der Waals surface area contributed by atoms with Crippen molar-refractivity contribution in [2.75, 3.05) is 12.4 Å². The van der Waals surface area contributed by atoms with E-state index in [9.17, 15) is 9.59 Å². The van der Waals surface area contributed by atoms with Gasteiger partial charge in [-0.05, 0) is 36.4 Å². The Morgan fingerprint density at radius 2 is 1.71 bits per heavy atom. The Bertz CT molecular complexity index is 784. The number of anilines is 1. The van der Waals surface area contributed by atoms with Gasteiger partial charge in [0.25, 0.3) is 5.91 Å². The molecule has 6 nitrogen and oxygen atoms in total. The van der Waals surface area contributed by atoms with Crippen LogP contribution in [0.15, 0.2) is 36.4 Å². The molecule has 2 aromatic rings. The molecular formula is C15H12Cl3N3O3. The number of ether oxygens (including phenoxy) is 1. The van der Waals surface area contributed by atoms with Crippen molar-refractivity contribution in [1.82, 2.24) is 10.9 Å². The minimum Gasteiger partial charge on any atom is -0.496 e. The van der Waals surface area contributed by atoms with Crippen LogP contribution in [0.5, 0.6) is 5.75 Å².